The van der Waals surface area contributed by atoms with E-state index in [1.165, 1.54) is 6.42 Å². The van der Waals surface area contributed by atoms with Crippen molar-refractivity contribution in [3.63, 3.8) is 0 Å². The first-order valence-electron chi connectivity index (χ1n) is 7.60. The van der Waals surface area contributed by atoms with Crippen LogP contribution < -0.4 is 16.2 Å². The number of nitrogens with one attached hydrogen (secondary N) is 1. The molecule has 108 valence electrons. The van der Waals surface area contributed by atoms with Gasteiger partial charge in [0.05, 0.1) is 22.6 Å². The molecule has 1 aromatic rings. The molecule has 0 atom stereocenters. The number of hydrazone groups is 1. The van der Waals surface area contributed by atoms with Crippen molar-refractivity contribution in [2.75, 3.05) is 5.43 Å². The van der Waals surface area contributed by atoms with Crippen LogP contribution in [0.5, 0.6) is 0 Å². The average Bonchev–Trinajstić information content (AvgIpc) is 2.81. The van der Waals surface area contributed by atoms with Crippen molar-refractivity contribution in [2.24, 2.45) is 5.10 Å². The predicted octanol–water partition coefficient (Wildman–Crippen LogP) is 2.14. The molecule has 0 spiro atoms. The van der Waals surface area contributed by atoms with Gasteiger partial charge in [0.2, 0.25) is 0 Å². The Labute approximate surface area is 126 Å². The number of aromatic nitrogens is 2. The molecule has 1 N–H and O–H groups in total. The van der Waals surface area contributed by atoms with Gasteiger partial charge < -0.3 is 0 Å². The topological polar surface area (TPSA) is 59.3 Å². The van der Waals surface area contributed by atoms with Gasteiger partial charge in [0, 0.05) is 22.6 Å². The van der Waals surface area contributed by atoms with Crippen LogP contribution in [0.4, 0.5) is 5.69 Å². The third-order valence-corrected chi connectivity index (χ3v) is 4.77. The van der Waals surface area contributed by atoms with E-state index in [2.05, 4.69) is 15.6 Å². The van der Waals surface area contributed by atoms with Gasteiger partial charge in [-0.25, -0.2) is 4.68 Å². The minimum absolute atomic E-state index is 0.0154. The van der Waals surface area contributed by atoms with Crippen LogP contribution in [0.15, 0.2) is 34.2 Å². The van der Waals surface area contributed by atoms with Crippen LogP contribution in [0.25, 0.3) is 28.1 Å². The van der Waals surface area contributed by atoms with Gasteiger partial charge in [-0.1, -0.05) is 6.07 Å². The molecule has 1 aromatic heterocycles. The third kappa shape index (κ3) is 1.45. The zero-order valence-electron chi connectivity index (χ0n) is 11.9. The SMILES string of the molecule is O=c1c2ccc3c(c4ccc(nn1C1CCC1)c2-4)NN=CC=3. The highest BCUT2D eigenvalue weighted by Crippen LogP contribution is 2.36. The highest BCUT2D eigenvalue weighted by atomic mass is 16.1. The summed E-state index contributed by atoms with van der Waals surface area (Å²) in [6, 6.07) is 8.18. The molecular weight excluding hydrogens is 276 g/mol. The number of hydrogen-bond acceptors (Lipinski definition) is 4. The molecule has 1 aliphatic heterocycles. The van der Waals surface area contributed by atoms with Crippen molar-refractivity contribution in [2.45, 2.75) is 25.3 Å². The Bertz CT molecular complexity index is 1010. The summed E-state index contributed by atoms with van der Waals surface area (Å²) in [5, 5.41) is 10.5. The van der Waals surface area contributed by atoms with E-state index in [4.69, 9.17) is 0 Å². The number of hydrogen-bond donors (Lipinski definition) is 1. The summed E-state index contributed by atoms with van der Waals surface area (Å²) < 4.78 is 1.69. The standard InChI is InChI=1S/C17H14N4O/c22-17-13-5-4-10-8-9-18-19-16(10)12-6-7-14(15(12)13)20-21(17)11-2-1-3-11/h4-9,11,19H,1-3H2. The fourth-order valence-corrected chi connectivity index (χ4v) is 3.36. The maximum atomic E-state index is 12.9. The largest absolute Gasteiger partial charge is 0.277 e. The van der Waals surface area contributed by atoms with Gasteiger partial charge in [-0.3, -0.25) is 10.2 Å². The van der Waals surface area contributed by atoms with Crippen molar-refractivity contribution in [1.29, 1.82) is 0 Å². The van der Waals surface area contributed by atoms with Crippen molar-refractivity contribution in [1.82, 2.24) is 9.78 Å². The second-order valence-electron chi connectivity index (χ2n) is 5.98. The lowest BCUT2D eigenvalue weighted by atomic mass is 9.93. The second kappa shape index (κ2) is 4.16. The summed E-state index contributed by atoms with van der Waals surface area (Å²) in [6.07, 6.45) is 6.95. The van der Waals surface area contributed by atoms with Gasteiger partial charge in [-0.15, -0.1) is 0 Å². The first-order valence-corrected chi connectivity index (χ1v) is 7.60. The van der Waals surface area contributed by atoms with Crippen molar-refractivity contribution < 1.29 is 0 Å². The Morgan fingerprint density at radius 3 is 2.91 bits per heavy atom. The van der Waals surface area contributed by atoms with E-state index >= 15 is 0 Å². The quantitative estimate of drug-likeness (QED) is 0.747. The van der Waals surface area contributed by atoms with Gasteiger partial charge in [-0.2, -0.15) is 10.2 Å². The molecule has 2 heterocycles. The van der Waals surface area contributed by atoms with Crippen LogP contribution in [-0.2, 0) is 0 Å². The van der Waals surface area contributed by atoms with Crippen LogP contribution in [0.1, 0.15) is 25.3 Å². The number of rotatable bonds is 1. The van der Waals surface area contributed by atoms with E-state index in [0.29, 0.717) is 0 Å². The molecule has 3 aliphatic carbocycles. The maximum Gasteiger partial charge on any atom is 0.274 e. The molecule has 22 heavy (non-hydrogen) atoms. The van der Waals surface area contributed by atoms with Crippen LogP contribution in [0, 0.1) is 0 Å². The molecule has 0 amide bonds. The predicted molar refractivity (Wildman–Crippen MR) is 87.3 cm³/mol. The maximum absolute atomic E-state index is 12.9. The summed E-state index contributed by atoms with van der Waals surface area (Å²) >= 11 is 0. The highest BCUT2D eigenvalue weighted by Gasteiger charge is 2.25. The molecule has 0 aromatic carbocycles. The Morgan fingerprint density at radius 1 is 1.18 bits per heavy atom. The first-order chi connectivity index (χ1) is 10.8. The Morgan fingerprint density at radius 2 is 2.09 bits per heavy atom. The van der Waals surface area contributed by atoms with Crippen molar-refractivity contribution >= 4 is 28.9 Å². The normalized spacial score (nSPS) is 17.1. The zero-order chi connectivity index (χ0) is 14.7. The molecule has 5 nitrogen and oxygen atoms in total. The Hall–Kier alpha value is -2.69. The molecule has 1 fully saturated rings. The van der Waals surface area contributed by atoms with E-state index in [1.54, 1.807) is 10.9 Å². The summed E-state index contributed by atoms with van der Waals surface area (Å²) in [4.78, 5) is 12.9. The second-order valence-corrected chi connectivity index (χ2v) is 5.98. The lowest BCUT2D eigenvalue weighted by molar-refractivity contribution is 0.282. The average molecular weight is 290 g/mol. The minimum Gasteiger partial charge on any atom is -0.277 e. The molecule has 1 saturated carbocycles. The van der Waals surface area contributed by atoms with Crippen LogP contribution >= 0.6 is 0 Å². The monoisotopic (exact) mass is 290 g/mol. The van der Waals surface area contributed by atoms with E-state index in [0.717, 1.165) is 45.8 Å². The van der Waals surface area contributed by atoms with E-state index < -0.39 is 0 Å². The van der Waals surface area contributed by atoms with Crippen LogP contribution in [0.3, 0.4) is 0 Å². The van der Waals surface area contributed by atoms with Gasteiger partial charge >= 0.3 is 0 Å². The van der Waals surface area contributed by atoms with Gasteiger partial charge in [0.1, 0.15) is 0 Å². The third-order valence-electron chi connectivity index (χ3n) is 4.77. The minimum atomic E-state index is 0.0154. The summed E-state index contributed by atoms with van der Waals surface area (Å²) in [6.45, 7) is 0. The smallest absolute Gasteiger partial charge is 0.274 e. The highest BCUT2D eigenvalue weighted by molar-refractivity contribution is 6.03. The molecule has 0 unspecified atom stereocenters. The molecular formula is C17H14N4O. The Balaban J connectivity index is 1.91. The molecule has 0 bridgehead atoms. The molecule has 5 rings (SSSR count). The number of fused-ring (bicyclic) bond motifs is 2. The van der Waals surface area contributed by atoms with Crippen LogP contribution in [-0.4, -0.2) is 16.0 Å². The molecule has 0 radical (unpaired) electrons. The van der Waals surface area contributed by atoms with Crippen molar-refractivity contribution in [3.05, 3.63) is 39.8 Å². The summed E-state index contributed by atoms with van der Waals surface area (Å²) in [7, 11) is 0. The van der Waals surface area contributed by atoms with Crippen molar-refractivity contribution in [3.8, 4) is 11.1 Å². The number of nitrogens with zero attached hydrogens (tertiary/aromatic N) is 3. The van der Waals surface area contributed by atoms with Gasteiger partial charge in [-0.05, 0) is 43.5 Å². The number of anilines is 1. The van der Waals surface area contributed by atoms with E-state index in [1.807, 2.05) is 30.3 Å². The lowest BCUT2D eigenvalue weighted by Gasteiger charge is -2.26. The Kier molecular flexibility index (Phi) is 2.25. The fourth-order valence-electron chi connectivity index (χ4n) is 3.36. The summed E-state index contributed by atoms with van der Waals surface area (Å²) in [5.74, 6) is 0. The zero-order valence-corrected chi connectivity index (χ0v) is 11.9. The molecule has 5 heteroatoms. The first kappa shape index (κ1) is 11.9. The van der Waals surface area contributed by atoms with E-state index in [-0.39, 0.29) is 11.6 Å². The van der Waals surface area contributed by atoms with Crippen LogP contribution in [0.2, 0.25) is 0 Å². The molecule has 4 aliphatic rings. The van der Waals surface area contributed by atoms with Gasteiger partial charge in [0.25, 0.3) is 5.56 Å². The fraction of sp³-hybridized carbons (Fsp3) is 0.235. The van der Waals surface area contributed by atoms with E-state index in [9.17, 15) is 4.79 Å². The van der Waals surface area contributed by atoms with Gasteiger partial charge in [0.15, 0.2) is 0 Å². The molecule has 0 saturated heterocycles. The lowest BCUT2D eigenvalue weighted by Crippen LogP contribution is -2.31. The summed E-state index contributed by atoms with van der Waals surface area (Å²) in [5.41, 5.74) is 6.83.